The molecule has 0 heterocycles. The Kier molecular flexibility index (Phi) is 6.08. The van der Waals surface area contributed by atoms with Gasteiger partial charge in [-0.25, -0.2) is 4.39 Å². The number of hydrogen-bond donors (Lipinski definition) is 2. The minimum absolute atomic E-state index is 0.235. The van der Waals surface area contributed by atoms with Crippen LogP contribution in [0.5, 0.6) is 0 Å². The SMILES string of the molecule is C=C(N)N(C(=C)CNC)c1cc(CC2CCCC2)c(Cl)cc1F. The minimum Gasteiger partial charge on any atom is -0.385 e. The van der Waals surface area contributed by atoms with Gasteiger partial charge in [0.1, 0.15) is 11.6 Å². The molecule has 3 nitrogen and oxygen atoms in total. The van der Waals surface area contributed by atoms with Gasteiger partial charge in [0, 0.05) is 17.3 Å². The maximum Gasteiger partial charge on any atom is 0.148 e. The summed E-state index contributed by atoms with van der Waals surface area (Å²) >= 11 is 6.26. The highest BCUT2D eigenvalue weighted by Crippen LogP contribution is 2.34. The molecule has 0 bridgehead atoms. The number of benzene rings is 1. The number of hydrogen-bond acceptors (Lipinski definition) is 3. The normalized spacial score (nSPS) is 14.9. The molecule has 2 rings (SSSR count). The standard InChI is InChI=1S/C18H25ClFN3/c1-12(11-22-3)23(13(2)21)18-9-15(16(19)10-17(18)20)8-14-6-4-5-7-14/h9-10,14,22H,1-2,4-8,11,21H2,3H3. The number of nitrogens with one attached hydrogen (secondary N) is 1. The van der Waals surface area contributed by atoms with Crippen LogP contribution in [0.1, 0.15) is 31.2 Å². The van der Waals surface area contributed by atoms with Crippen LogP contribution in [0.3, 0.4) is 0 Å². The van der Waals surface area contributed by atoms with Crippen molar-refractivity contribution in [3.63, 3.8) is 0 Å². The molecular weight excluding hydrogens is 313 g/mol. The number of anilines is 1. The molecule has 126 valence electrons. The number of likely N-dealkylation sites (N-methyl/N-ethyl adjacent to an activating group) is 1. The van der Waals surface area contributed by atoms with Crippen LogP contribution in [0.4, 0.5) is 10.1 Å². The molecule has 0 spiro atoms. The van der Waals surface area contributed by atoms with Crippen LogP contribution in [-0.4, -0.2) is 13.6 Å². The average molecular weight is 338 g/mol. The van der Waals surface area contributed by atoms with Crippen molar-refractivity contribution in [3.05, 3.63) is 53.2 Å². The van der Waals surface area contributed by atoms with E-state index in [4.69, 9.17) is 17.3 Å². The largest absolute Gasteiger partial charge is 0.385 e. The van der Waals surface area contributed by atoms with Gasteiger partial charge in [-0.1, -0.05) is 50.4 Å². The van der Waals surface area contributed by atoms with Gasteiger partial charge in [-0.05, 0) is 37.1 Å². The molecule has 1 saturated carbocycles. The van der Waals surface area contributed by atoms with Gasteiger partial charge in [-0.3, -0.25) is 4.90 Å². The Labute approximate surface area is 143 Å². The molecule has 1 fully saturated rings. The second kappa shape index (κ2) is 7.84. The fourth-order valence-corrected chi connectivity index (χ4v) is 3.47. The quantitative estimate of drug-likeness (QED) is 0.784. The highest BCUT2D eigenvalue weighted by molar-refractivity contribution is 6.31. The molecule has 0 unspecified atom stereocenters. The van der Waals surface area contributed by atoms with Gasteiger partial charge in [0.25, 0.3) is 0 Å². The van der Waals surface area contributed by atoms with Crippen LogP contribution < -0.4 is 16.0 Å². The molecule has 0 atom stereocenters. The van der Waals surface area contributed by atoms with Crippen LogP contribution in [0, 0.1) is 11.7 Å². The summed E-state index contributed by atoms with van der Waals surface area (Å²) in [5, 5.41) is 3.46. The summed E-state index contributed by atoms with van der Waals surface area (Å²) in [7, 11) is 1.80. The van der Waals surface area contributed by atoms with Crippen molar-refractivity contribution in [1.82, 2.24) is 5.32 Å². The second-order valence-electron chi connectivity index (χ2n) is 6.17. The van der Waals surface area contributed by atoms with E-state index in [0.717, 1.165) is 12.0 Å². The number of halogens is 2. The van der Waals surface area contributed by atoms with E-state index < -0.39 is 5.82 Å². The maximum absolute atomic E-state index is 14.5. The molecule has 3 N–H and O–H groups in total. The van der Waals surface area contributed by atoms with Crippen LogP contribution in [-0.2, 0) is 6.42 Å². The zero-order valence-corrected chi connectivity index (χ0v) is 14.4. The Morgan fingerprint density at radius 2 is 2.04 bits per heavy atom. The topological polar surface area (TPSA) is 41.3 Å². The number of nitrogens with zero attached hydrogens (tertiary/aromatic N) is 1. The van der Waals surface area contributed by atoms with Crippen molar-refractivity contribution in [2.24, 2.45) is 11.7 Å². The van der Waals surface area contributed by atoms with Crippen molar-refractivity contribution in [1.29, 1.82) is 0 Å². The van der Waals surface area contributed by atoms with E-state index in [1.54, 1.807) is 18.0 Å². The molecule has 1 aliphatic carbocycles. The lowest BCUT2D eigenvalue weighted by molar-refractivity contribution is 0.545. The third-order valence-corrected chi connectivity index (χ3v) is 4.68. The van der Waals surface area contributed by atoms with E-state index in [2.05, 4.69) is 18.5 Å². The maximum atomic E-state index is 14.5. The first-order valence-corrected chi connectivity index (χ1v) is 8.36. The molecule has 1 aliphatic rings. The summed E-state index contributed by atoms with van der Waals surface area (Å²) in [6.07, 6.45) is 5.82. The van der Waals surface area contributed by atoms with Crippen LogP contribution >= 0.6 is 11.6 Å². The minimum atomic E-state index is -0.422. The summed E-state index contributed by atoms with van der Waals surface area (Å²) in [6, 6.07) is 3.15. The molecule has 0 aliphatic heterocycles. The van der Waals surface area contributed by atoms with Gasteiger partial charge < -0.3 is 11.1 Å². The van der Waals surface area contributed by atoms with E-state index >= 15 is 0 Å². The molecule has 23 heavy (non-hydrogen) atoms. The third-order valence-electron chi connectivity index (χ3n) is 4.32. The Balaban J connectivity index is 2.35. The van der Waals surface area contributed by atoms with E-state index in [0.29, 0.717) is 28.9 Å². The van der Waals surface area contributed by atoms with Gasteiger partial charge in [0.15, 0.2) is 0 Å². The summed E-state index contributed by atoms with van der Waals surface area (Å²) in [5.74, 6) is 0.438. The highest BCUT2D eigenvalue weighted by atomic mass is 35.5. The molecule has 0 amide bonds. The van der Waals surface area contributed by atoms with Gasteiger partial charge in [0.2, 0.25) is 0 Å². The Morgan fingerprint density at radius 3 is 2.61 bits per heavy atom. The highest BCUT2D eigenvalue weighted by Gasteiger charge is 2.21. The number of rotatable bonds is 7. The van der Waals surface area contributed by atoms with Crippen LogP contribution in [0.15, 0.2) is 36.8 Å². The lowest BCUT2D eigenvalue weighted by Crippen LogP contribution is -2.31. The summed E-state index contributed by atoms with van der Waals surface area (Å²) in [5.41, 5.74) is 7.81. The molecule has 1 aromatic rings. The first-order valence-electron chi connectivity index (χ1n) is 7.98. The third kappa shape index (κ3) is 4.27. The van der Waals surface area contributed by atoms with Gasteiger partial charge in [-0.15, -0.1) is 0 Å². The fourth-order valence-electron chi connectivity index (χ4n) is 3.25. The predicted molar refractivity (Wildman–Crippen MR) is 95.9 cm³/mol. The lowest BCUT2D eigenvalue weighted by Gasteiger charge is -2.27. The molecule has 0 aromatic heterocycles. The van der Waals surface area contributed by atoms with E-state index in [-0.39, 0.29) is 5.82 Å². The second-order valence-corrected chi connectivity index (χ2v) is 6.58. The van der Waals surface area contributed by atoms with E-state index in [1.807, 2.05) is 0 Å². The van der Waals surface area contributed by atoms with Crippen LogP contribution in [0.2, 0.25) is 5.02 Å². The Bertz CT molecular complexity index is 594. The molecule has 0 radical (unpaired) electrons. The van der Waals surface area contributed by atoms with Crippen molar-refractivity contribution < 1.29 is 4.39 Å². The Morgan fingerprint density at radius 1 is 1.39 bits per heavy atom. The van der Waals surface area contributed by atoms with Crippen LogP contribution in [0.25, 0.3) is 0 Å². The van der Waals surface area contributed by atoms with Gasteiger partial charge >= 0.3 is 0 Å². The Hall–Kier alpha value is -1.52. The zero-order valence-electron chi connectivity index (χ0n) is 13.7. The summed E-state index contributed by atoms with van der Waals surface area (Å²) in [6.45, 7) is 8.19. The van der Waals surface area contributed by atoms with E-state index in [1.165, 1.54) is 31.7 Å². The first kappa shape index (κ1) is 17.8. The molecule has 0 saturated heterocycles. The lowest BCUT2D eigenvalue weighted by atomic mass is 9.97. The van der Waals surface area contributed by atoms with Crippen molar-refractivity contribution in [2.45, 2.75) is 32.1 Å². The predicted octanol–water partition coefficient (Wildman–Crippen LogP) is 4.18. The monoisotopic (exact) mass is 337 g/mol. The zero-order chi connectivity index (χ0) is 17.0. The smallest absolute Gasteiger partial charge is 0.148 e. The molecule has 5 heteroatoms. The van der Waals surface area contributed by atoms with Gasteiger partial charge in [-0.2, -0.15) is 0 Å². The summed E-state index contributed by atoms with van der Waals surface area (Å²) < 4.78 is 14.5. The van der Waals surface area contributed by atoms with Crippen molar-refractivity contribution in [3.8, 4) is 0 Å². The molecule has 1 aromatic carbocycles. The average Bonchev–Trinajstić information content (AvgIpc) is 2.97. The molecular formula is C18H25ClFN3. The van der Waals surface area contributed by atoms with Crippen molar-refractivity contribution in [2.75, 3.05) is 18.5 Å². The van der Waals surface area contributed by atoms with Crippen molar-refractivity contribution >= 4 is 17.3 Å². The van der Waals surface area contributed by atoms with Gasteiger partial charge in [0.05, 0.1) is 5.69 Å². The summed E-state index contributed by atoms with van der Waals surface area (Å²) in [4.78, 5) is 1.54. The fraction of sp³-hybridized carbons (Fsp3) is 0.444. The number of nitrogens with two attached hydrogens (primary N) is 1. The van der Waals surface area contributed by atoms with E-state index in [9.17, 15) is 4.39 Å². The first-order chi connectivity index (χ1) is 10.9.